The first-order chi connectivity index (χ1) is 7.66. The molecule has 2 rings (SSSR count). The number of halogens is 1. The van der Waals surface area contributed by atoms with E-state index in [0.29, 0.717) is 11.6 Å². The molecule has 0 spiro atoms. The van der Waals surface area contributed by atoms with Crippen LogP contribution in [0.15, 0.2) is 33.9 Å². The van der Waals surface area contributed by atoms with Crippen molar-refractivity contribution >= 4 is 33.3 Å². The molecule has 2 aromatic heterocycles. The van der Waals surface area contributed by atoms with E-state index in [0.717, 1.165) is 4.47 Å². The molecule has 2 heterocycles. The summed E-state index contributed by atoms with van der Waals surface area (Å²) < 4.78 is 0.866. The summed E-state index contributed by atoms with van der Waals surface area (Å²) >= 11 is 3.27. The lowest BCUT2D eigenvalue weighted by molar-refractivity contribution is 1.12. The summed E-state index contributed by atoms with van der Waals surface area (Å²) in [7, 11) is 0. The van der Waals surface area contributed by atoms with Gasteiger partial charge in [-0.25, -0.2) is 9.97 Å². The number of rotatable bonds is 2. The number of hydrogen-bond acceptors (Lipinski definition) is 5. The first-order valence-electron chi connectivity index (χ1n) is 4.38. The van der Waals surface area contributed by atoms with Crippen molar-refractivity contribution in [2.24, 2.45) is 0 Å². The lowest BCUT2D eigenvalue weighted by atomic mass is 10.4. The van der Waals surface area contributed by atoms with Gasteiger partial charge >= 0.3 is 0 Å². The second kappa shape index (κ2) is 4.31. The van der Waals surface area contributed by atoms with Crippen molar-refractivity contribution in [2.75, 3.05) is 11.1 Å². The van der Waals surface area contributed by atoms with E-state index in [9.17, 15) is 4.79 Å². The maximum Gasteiger partial charge on any atom is 0.276 e. The van der Waals surface area contributed by atoms with Crippen LogP contribution in [0.25, 0.3) is 0 Å². The third kappa shape index (κ3) is 2.19. The van der Waals surface area contributed by atoms with Gasteiger partial charge in [-0.05, 0) is 28.1 Å². The minimum Gasteiger partial charge on any atom is -0.391 e. The normalized spacial score (nSPS) is 10.1. The molecule has 82 valence electrons. The van der Waals surface area contributed by atoms with E-state index in [1.54, 1.807) is 12.3 Å². The summed E-state index contributed by atoms with van der Waals surface area (Å²) in [5, 5.41) is 2.85. The molecule has 7 heteroatoms. The Hall–Kier alpha value is -1.89. The highest BCUT2D eigenvalue weighted by Crippen LogP contribution is 2.16. The van der Waals surface area contributed by atoms with E-state index >= 15 is 0 Å². The van der Waals surface area contributed by atoms with Crippen molar-refractivity contribution < 1.29 is 0 Å². The number of anilines is 3. The molecule has 0 aromatic carbocycles. The zero-order valence-electron chi connectivity index (χ0n) is 8.07. The molecule has 0 atom stereocenters. The molecule has 0 unspecified atom stereocenters. The Bertz CT molecular complexity index is 551. The minimum absolute atomic E-state index is 0.0345. The minimum atomic E-state index is -0.380. The van der Waals surface area contributed by atoms with E-state index < -0.39 is 0 Å². The zero-order chi connectivity index (χ0) is 11.5. The van der Waals surface area contributed by atoms with Crippen LogP contribution in [0.2, 0.25) is 0 Å². The number of nitrogens with one attached hydrogen (secondary N) is 2. The van der Waals surface area contributed by atoms with Gasteiger partial charge in [-0.2, -0.15) is 0 Å². The van der Waals surface area contributed by atoms with Crippen molar-refractivity contribution in [3.05, 3.63) is 39.5 Å². The van der Waals surface area contributed by atoms with Gasteiger partial charge in [0.15, 0.2) is 5.82 Å². The predicted octanol–water partition coefficient (Wildman–Crippen LogP) is 1.25. The molecule has 16 heavy (non-hydrogen) atoms. The second-order valence-corrected chi connectivity index (χ2v) is 3.90. The average Bonchev–Trinajstić information content (AvgIpc) is 2.28. The highest BCUT2D eigenvalue weighted by molar-refractivity contribution is 9.10. The van der Waals surface area contributed by atoms with E-state index in [1.807, 2.05) is 6.07 Å². The maximum absolute atomic E-state index is 11.2. The van der Waals surface area contributed by atoms with E-state index in [2.05, 4.69) is 36.2 Å². The molecular formula is C9H8BrN5O. The Balaban J connectivity index is 2.30. The molecule has 2 aromatic rings. The van der Waals surface area contributed by atoms with Gasteiger partial charge in [0.05, 0.1) is 6.33 Å². The standard InChI is InChI=1S/C9H8BrN5O/c10-5-1-2-6(12-3-5)15-8-7(11)9(16)14-4-13-8/h1-4H,11H2,(H2,12,13,14,15,16). The summed E-state index contributed by atoms with van der Waals surface area (Å²) in [5.41, 5.74) is 5.21. The van der Waals surface area contributed by atoms with Crippen molar-refractivity contribution in [2.45, 2.75) is 0 Å². The fraction of sp³-hybridized carbons (Fsp3) is 0. The Kier molecular flexibility index (Phi) is 2.86. The number of pyridine rings is 1. The summed E-state index contributed by atoms with van der Waals surface area (Å²) in [4.78, 5) is 21.6. The molecular weight excluding hydrogens is 274 g/mol. The van der Waals surface area contributed by atoms with Gasteiger partial charge in [-0.3, -0.25) is 4.79 Å². The fourth-order valence-corrected chi connectivity index (χ4v) is 1.32. The number of nitrogen functional groups attached to an aromatic ring is 1. The predicted molar refractivity (Wildman–Crippen MR) is 64.5 cm³/mol. The SMILES string of the molecule is Nc1c(Nc2ccc(Br)cn2)nc[nH]c1=O. The highest BCUT2D eigenvalue weighted by atomic mass is 79.9. The van der Waals surface area contributed by atoms with Crippen LogP contribution in [-0.4, -0.2) is 15.0 Å². The van der Waals surface area contributed by atoms with Crippen LogP contribution in [0.4, 0.5) is 17.3 Å². The highest BCUT2D eigenvalue weighted by Gasteiger charge is 2.04. The third-order valence-corrected chi connectivity index (χ3v) is 2.33. The summed E-state index contributed by atoms with van der Waals surface area (Å²) in [6.07, 6.45) is 2.91. The van der Waals surface area contributed by atoms with E-state index in [1.165, 1.54) is 6.33 Å². The fourth-order valence-electron chi connectivity index (χ4n) is 1.08. The molecule has 6 nitrogen and oxygen atoms in total. The maximum atomic E-state index is 11.2. The third-order valence-electron chi connectivity index (χ3n) is 1.86. The van der Waals surface area contributed by atoms with E-state index in [4.69, 9.17) is 5.73 Å². The summed E-state index contributed by atoms with van der Waals surface area (Å²) in [5.74, 6) is 0.853. The van der Waals surface area contributed by atoms with Crippen molar-refractivity contribution in [3.8, 4) is 0 Å². The largest absolute Gasteiger partial charge is 0.391 e. The number of nitrogens with two attached hydrogens (primary N) is 1. The lowest BCUT2D eigenvalue weighted by Gasteiger charge is -2.05. The van der Waals surface area contributed by atoms with Crippen LogP contribution in [0.5, 0.6) is 0 Å². The number of hydrogen-bond donors (Lipinski definition) is 3. The van der Waals surface area contributed by atoms with Gasteiger partial charge in [0, 0.05) is 10.7 Å². The smallest absolute Gasteiger partial charge is 0.276 e. The molecule has 0 saturated carbocycles. The Morgan fingerprint density at radius 3 is 2.88 bits per heavy atom. The molecule has 0 radical (unpaired) electrons. The molecule has 0 bridgehead atoms. The number of aromatic amines is 1. The molecule has 0 saturated heterocycles. The zero-order valence-corrected chi connectivity index (χ0v) is 9.65. The number of nitrogens with zero attached hydrogens (tertiary/aromatic N) is 2. The van der Waals surface area contributed by atoms with Gasteiger partial charge in [0.1, 0.15) is 11.5 Å². The number of H-pyrrole nitrogens is 1. The Labute approximate surface area is 99.1 Å². The lowest BCUT2D eigenvalue weighted by Crippen LogP contribution is -2.14. The molecule has 0 aliphatic heterocycles. The van der Waals surface area contributed by atoms with Crippen LogP contribution >= 0.6 is 15.9 Å². The van der Waals surface area contributed by atoms with Gasteiger partial charge in [-0.15, -0.1) is 0 Å². The van der Waals surface area contributed by atoms with Crippen LogP contribution in [0.3, 0.4) is 0 Å². The van der Waals surface area contributed by atoms with Crippen LogP contribution in [0.1, 0.15) is 0 Å². The molecule has 0 aliphatic carbocycles. The quantitative estimate of drug-likeness (QED) is 0.770. The number of aromatic nitrogens is 3. The van der Waals surface area contributed by atoms with Crippen molar-refractivity contribution in [1.29, 1.82) is 0 Å². The van der Waals surface area contributed by atoms with Crippen molar-refractivity contribution in [3.63, 3.8) is 0 Å². The van der Waals surface area contributed by atoms with Gasteiger partial charge in [0.25, 0.3) is 5.56 Å². The monoisotopic (exact) mass is 281 g/mol. The van der Waals surface area contributed by atoms with Crippen LogP contribution < -0.4 is 16.6 Å². The van der Waals surface area contributed by atoms with Crippen LogP contribution in [0, 0.1) is 0 Å². The van der Waals surface area contributed by atoms with Crippen molar-refractivity contribution in [1.82, 2.24) is 15.0 Å². The van der Waals surface area contributed by atoms with Crippen LogP contribution in [-0.2, 0) is 0 Å². The van der Waals surface area contributed by atoms with E-state index in [-0.39, 0.29) is 11.2 Å². The molecule has 0 aliphatic rings. The molecule has 4 N–H and O–H groups in total. The van der Waals surface area contributed by atoms with Gasteiger partial charge in [-0.1, -0.05) is 0 Å². The first-order valence-corrected chi connectivity index (χ1v) is 5.18. The summed E-state index contributed by atoms with van der Waals surface area (Å²) in [6.45, 7) is 0. The topological polar surface area (TPSA) is 96.7 Å². The Morgan fingerprint density at radius 1 is 1.38 bits per heavy atom. The Morgan fingerprint density at radius 2 is 2.19 bits per heavy atom. The summed E-state index contributed by atoms with van der Waals surface area (Å²) in [6, 6.07) is 3.56. The van der Waals surface area contributed by atoms with Gasteiger partial charge in [0.2, 0.25) is 0 Å². The molecule has 0 fully saturated rings. The first kappa shape index (κ1) is 10.6. The molecule has 0 amide bonds. The second-order valence-electron chi connectivity index (χ2n) is 2.98. The average molecular weight is 282 g/mol. The van der Waals surface area contributed by atoms with Gasteiger partial charge < -0.3 is 16.0 Å².